The molecule has 2 aromatic carbocycles. The molecule has 1 aliphatic rings. The van der Waals surface area contributed by atoms with Gasteiger partial charge in [-0.05, 0) is 61.4 Å². The molecule has 272 valence electrons. The summed E-state index contributed by atoms with van der Waals surface area (Å²) in [5.74, 6) is -3.08. The van der Waals surface area contributed by atoms with Gasteiger partial charge in [-0.2, -0.15) is 0 Å². The SMILES string of the molecule is Cc1ccccc1OCC(=O)NC(CC(C)C)C(=O)NC(Cc1ccc(OC(=O)N2CCC(C(N)=O)CC2)cc1)C(=O)OC(C)OC(=O)CO. The molecule has 0 bridgehead atoms. The van der Waals surface area contributed by atoms with Gasteiger partial charge in [-0.3, -0.25) is 14.4 Å². The van der Waals surface area contributed by atoms with E-state index in [2.05, 4.69) is 10.6 Å². The molecule has 1 fully saturated rings. The molecular formula is C35H46N4O11. The third-order valence-corrected chi connectivity index (χ3v) is 7.84. The molecule has 3 unspecified atom stereocenters. The number of ether oxygens (including phenoxy) is 4. The number of aliphatic hydroxyl groups excluding tert-OH is 1. The Morgan fingerprint density at radius 1 is 0.920 bits per heavy atom. The van der Waals surface area contributed by atoms with Crippen molar-refractivity contribution < 1.29 is 52.8 Å². The van der Waals surface area contributed by atoms with Gasteiger partial charge in [0.15, 0.2) is 6.61 Å². The van der Waals surface area contributed by atoms with Crippen molar-refractivity contribution in [2.24, 2.45) is 17.6 Å². The van der Waals surface area contributed by atoms with Crippen molar-refractivity contribution in [1.82, 2.24) is 15.5 Å². The van der Waals surface area contributed by atoms with Gasteiger partial charge in [0.2, 0.25) is 18.1 Å². The van der Waals surface area contributed by atoms with Crippen molar-refractivity contribution in [1.29, 1.82) is 0 Å². The van der Waals surface area contributed by atoms with Crippen molar-refractivity contribution >= 4 is 35.8 Å². The molecule has 5 N–H and O–H groups in total. The lowest BCUT2D eigenvalue weighted by molar-refractivity contribution is -0.188. The number of likely N-dealkylation sites (tertiary alicyclic amines) is 1. The van der Waals surface area contributed by atoms with E-state index < -0.39 is 60.7 Å². The molecule has 0 spiro atoms. The maximum Gasteiger partial charge on any atom is 0.415 e. The lowest BCUT2D eigenvalue weighted by atomic mass is 9.97. The number of esters is 2. The van der Waals surface area contributed by atoms with Crippen LogP contribution < -0.4 is 25.8 Å². The second kappa shape index (κ2) is 19.1. The first-order chi connectivity index (χ1) is 23.7. The zero-order chi connectivity index (χ0) is 36.8. The quantitative estimate of drug-likeness (QED) is 0.146. The molecule has 50 heavy (non-hydrogen) atoms. The molecule has 3 atom stereocenters. The number of para-hydroxylation sites is 1. The van der Waals surface area contributed by atoms with Crippen LogP contribution in [0, 0.1) is 18.8 Å². The fraction of sp³-hybridized carbons (Fsp3) is 0.486. The lowest BCUT2D eigenvalue weighted by Gasteiger charge is -2.29. The maximum absolute atomic E-state index is 13.6. The fourth-order valence-electron chi connectivity index (χ4n) is 5.20. The predicted molar refractivity (Wildman–Crippen MR) is 178 cm³/mol. The van der Waals surface area contributed by atoms with Crippen LogP contribution in [0.1, 0.15) is 51.2 Å². The molecule has 0 radical (unpaired) electrons. The Balaban J connectivity index is 1.70. The normalized spacial score (nSPS) is 14.9. The molecular weight excluding hydrogens is 652 g/mol. The largest absolute Gasteiger partial charge is 0.484 e. The van der Waals surface area contributed by atoms with E-state index >= 15 is 0 Å². The van der Waals surface area contributed by atoms with Crippen LogP contribution in [0.5, 0.6) is 11.5 Å². The van der Waals surface area contributed by atoms with Gasteiger partial charge in [0.25, 0.3) is 5.91 Å². The number of nitrogens with zero attached hydrogens (tertiary/aromatic N) is 1. The minimum Gasteiger partial charge on any atom is -0.484 e. The summed E-state index contributed by atoms with van der Waals surface area (Å²) in [6, 6.07) is 11.1. The highest BCUT2D eigenvalue weighted by molar-refractivity contribution is 5.91. The van der Waals surface area contributed by atoms with Crippen LogP contribution in [0.3, 0.4) is 0 Å². The number of nitrogens with two attached hydrogens (primary N) is 1. The summed E-state index contributed by atoms with van der Waals surface area (Å²) in [6.45, 7) is 6.26. The first-order valence-corrected chi connectivity index (χ1v) is 16.4. The van der Waals surface area contributed by atoms with Gasteiger partial charge in [0.1, 0.15) is 30.2 Å². The summed E-state index contributed by atoms with van der Waals surface area (Å²) in [6.07, 6.45) is -0.891. The Kier molecular flexibility index (Phi) is 15.0. The van der Waals surface area contributed by atoms with Crippen molar-refractivity contribution in [3.05, 3.63) is 59.7 Å². The number of benzene rings is 2. The van der Waals surface area contributed by atoms with Crippen LogP contribution in [0.15, 0.2) is 48.5 Å². The molecule has 0 aliphatic carbocycles. The number of nitrogens with one attached hydrogen (secondary N) is 2. The van der Waals surface area contributed by atoms with Crippen LogP contribution in [0.4, 0.5) is 4.79 Å². The van der Waals surface area contributed by atoms with Crippen molar-refractivity contribution in [3.63, 3.8) is 0 Å². The van der Waals surface area contributed by atoms with Crippen LogP contribution in [-0.4, -0.2) is 90.4 Å². The second-order valence-corrected chi connectivity index (χ2v) is 12.4. The minimum absolute atomic E-state index is 0.0172. The number of hydrogen-bond acceptors (Lipinski definition) is 11. The van der Waals surface area contributed by atoms with Gasteiger partial charge in [-0.1, -0.05) is 44.2 Å². The highest BCUT2D eigenvalue weighted by Gasteiger charge is 2.31. The Hall–Kier alpha value is -5.18. The second-order valence-electron chi connectivity index (χ2n) is 12.4. The summed E-state index contributed by atoms with van der Waals surface area (Å²) >= 11 is 0. The van der Waals surface area contributed by atoms with Crippen LogP contribution in [0.2, 0.25) is 0 Å². The fourth-order valence-corrected chi connectivity index (χ4v) is 5.20. The van der Waals surface area contributed by atoms with E-state index in [-0.39, 0.29) is 37.0 Å². The number of amides is 4. The highest BCUT2D eigenvalue weighted by atomic mass is 16.7. The van der Waals surface area contributed by atoms with Gasteiger partial charge in [-0.15, -0.1) is 0 Å². The van der Waals surface area contributed by atoms with Crippen molar-refractivity contribution in [2.45, 2.75) is 71.8 Å². The third-order valence-electron chi connectivity index (χ3n) is 7.84. The monoisotopic (exact) mass is 698 g/mol. The zero-order valence-electron chi connectivity index (χ0n) is 28.7. The van der Waals surface area contributed by atoms with Gasteiger partial charge >= 0.3 is 18.0 Å². The predicted octanol–water partition coefficient (Wildman–Crippen LogP) is 1.75. The molecule has 1 heterocycles. The summed E-state index contributed by atoms with van der Waals surface area (Å²) in [5.41, 5.74) is 6.75. The van der Waals surface area contributed by atoms with Crippen LogP contribution in [0.25, 0.3) is 0 Å². The molecule has 1 aliphatic heterocycles. The molecule has 1 saturated heterocycles. The number of hydrogen-bond donors (Lipinski definition) is 4. The van der Waals surface area contributed by atoms with E-state index in [4.69, 9.17) is 29.8 Å². The van der Waals surface area contributed by atoms with E-state index in [1.807, 2.05) is 32.9 Å². The van der Waals surface area contributed by atoms with Crippen LogP contribution in [-0.2, 0) is 39.9 Å². The summed E-state index contributed by atoms with van der Waals surface area (Å²) in [5, 5.41) is 14.3. The number of aliphatic hydroxyl groups is 1. The van der Waals surface area contributed by atoms with E-state index in [1.165, 1.54) is 24.0 Å². The smallest absolute Gasteiger partial charge is 0.415 e. The van der Waals surface area contributed by atoms with Crippen LogP contribution >= 0.6 is 0 Å². The van der Waals surface area contributed by atoms with Gasteiger partial charge in [0.05, 0.1) is 0 Å². The Morgan fingerprint density at radius 2 is 1.58 bits per heavy atom. The average molecular weight is 699 g/mol. The molecule has 3 rings (SSSR count). The molecule has 15 heteroatoms. The molecule has 4 amide bonds. The summed E-state index contributed by atoms with van der Waals surface area (Å²) in [7, 11) is 0. The summed E-state index contributed by atoms with van der Waals surface area (Å²) in [4.78, 5) is 76.7. The minimum atomic E-state index is -1.37. The first-order valence-electron chi connectivity index (χ1n) is 16.4. The van der Waals surface area contributed by atoms with Crippen molar-refractivity contribution in [3.8, 4) is 11.5 Å². The lowest BCUT2D eigenvalue weighted by Crippen LogP contribution is -2.54. The third kappa shape index (κ3) is 12.7. The number of primary amides is 1. The molecule has 0 saturated carbocycles. The number of carbonyl (C=O) groups is 6. The zero-order valence-corrected chi connectivity index (χ0v) is 28.7. The number of aryl methyl sites for hydroxylation is 1. The Morgan fingerprint density at radius 3 is 2.18 bits per heavy atom. The molecule has 15 nitrogen and oxygen atoms in total. The van der Waals surface area contributed by atoms with E-state index in [0.29, 0.717) is 37.2 Å². The maximum atomic E-state index is 13.6. The Labute approximate surface area is 290 Å². The van der Waals surface area contributed by atoms with Gasteiger partial charge in [-0.25, -0.2) is 14.4 Å². The van der Waals surface area contributed by atoms with Gasteiger partial charge in [0, 0.05) is 32.4 Å². The van der Waals surface area contributed by atoms with Gasteiger partial charge < -0.3 is 45.3 Å². The number of carbonyl (C=O) groups excluding carboxylic acids is 6. The number of piperidine rings is 1. The van der Waals surface area contributed by atoms with E-state index in [1.54, 1.807) is 24.3 Å². The Bertz CT molecular complexity index is 1490. The first kappa shape index (κ1) is 39.3. The average Bonchev–Trinajstić information content (AvgIpc) is 3.07. The number of rotatable bonds is 16. The highest BCUT2D eigenvalue weighted by Crippen LogP contribution is 2.20. The summed E-state index contributed by atoms with van der Waals surface area (Å²) < 4.78 is 21.2. The standard InChI is InChI=1S/C35H46N4O11/c1-21(2)17-27(37-30(41)20-47-29-8-6-5-7-22(29)3)33(44)38-28(34(45)49-23(4)48-31(42)19-40)18-24-9-11-26(12-10-24)50-35(46)39-15-13-25(14-16-39)32(36)43/h5-12,21,23,25,27-28,40H,13-20H2,1-4H3,(H2,36,43)(H,37,41)(H,38,44). The van der Waals surface area contributed by atoms with Crippen molar-refractivity contribution in [2.75, 3.05) is 26.3 Å². The van der Waals surface area contributed by atoms with E-state index in [9.17, 15) is 28.8 Å². The molecule has 2 aromatic rings. The molecule has 0 aromatic heterocycles. The topological polar surface area (TPSA) is 213 Å². The van der Waals surface area contributed by atoms with E-state index in [0.717, 1.165) is 5.56 Å².